The first-order chi connectivity index (χ1) is 7.29. The molecule has 0 unspecified atom stereocenters. The summed E-state index contributed by atoms with van der Waals surface area (Å²) in [5.74, 6) is 0. The van der Waals surface area contributed by atoms with Crippen LogP contribution < -0.4 is 5.32 Å². The van der Waals surface area contributed by atoms with Gasteiger partial charge in [0.2, 0.25) is 0 Å². The number of hydrogen-bond donors (Lipinski definition) is 1. The standard InChI is InChI=1S/C11H11ClN2S/c1-13-7-10-6-11(14-15-10)8-3-2-4-9(12)5-8/h2-6,13H,7H2,1H3. The van der Waals surface area contributed by atoms with E-state index in [9.17, 15) is 0 Å². The first-order valence-corrected chi connectivity index (χ1v) is 5.81. The van der Waals surface area contributed by atoms with Gasteiger partial charge >= 0.3 is 0 Å². The van der Waals surface area contributed by atoms with Gasteiger partial charge in [-0.2, -0.15) is 4.37 Å². The smallest absolute Gasteiger partial charge is 0.0844 e. The molecule has 0 spiro atoms. The highest BCUT2D eigenvalue weighted by Gasteiger charge is 2.03. The zero-order valence-corrected chi connectivity index (χ0v) is 9.90. The quantitative estimate of drug-likeness (QED) is 0.889. The fourth-order valence-corrected chi connectivity index (χ4v) is 2.29. The van der Waals surface area contributed by atoms with E-state index in [0.29, 0.717) is 0 Å². The van der Waals surface area contributed by atoms with Crippen LogP contribution in [0.5, 0.6) is 0 Å². The summed E-state index contributed by atoms with van der Waals surface area (Å²) in [6.07, 6.45) is 0. The fourth-order valence-electron chi connectivity index (χ4n) is 1.35. The van der Waals surface area contributed by atoms with Gasteiger partial charge in [-0.25, -0.2) is 0 Å². The van der Waals surface area contributed by atoms with Crippen LogP contribution in [0.3, 0.4) is 0 Å². The lowest BCUT2D eigenvalue weighted by atomic mass is 10.1. The number of rotatable bonds is 3. The van der Waals surface area contributed by atoms with Crippen molar-refractivity contribution in [1.82, 2.24) is 9.69 Å². The summed E-state index contributed by atoms with van der Waals surface area (Å²) >= 11 is 7.45. The summed E-state index contributed by atoms with van der Waals surface area (Å²) < 4.78 is 4.39. The van der Waals surface area contributed by atoms with Crippen LogP contribution in [0.4, 0.5) is 0 Å². The molecule has 1 heterocycles. The summed E-state index contributed by atoms with van der Waals surface area (Å²) in [7, 11) is 1.93. The topological polar surface area (TPSA) is 24.9 Å². The van der Waals surface area contributed by atoms with E-state index >= 15 is 0 Å². The first-order valence-electron chi connectivity index (χ1n) is 4.66. The van der Waals surface area contributed by atoms with Crippen LogP contribution in [0.2, 0.25) is 5.02 Å². The van der Waals surface area contributed by atoms with Gasteiger partial charge in [-0.15, -0.1) is 0 Å². The highest BCUT2D eigenvalue weighted by molar-refractivity contribution is 7.06. The zero-order valence-electron chi connectivity index (χ0n) is 8.33. The molecule has 0 bridgehead atoms. The number of aromatic nitrogens is 1. The van der Waals surface area contributed by atoms with Crippen LogP contribution in [0.15, 0.2) is 30.3 Å². The van der Waals surface area contributed by atoms with Crippen molar-refractivity contribution < 1.29 is 0 Å². The normalized spacial score (nSPS) is 10.5. The van der Waals surface area contributed by atoms with E-state index in [-0.39, 0.29) is 0 Å². The van der Waals surface area contributed by atoms with Crippen LogP contribution >= 0.6 is 23.1 Å². The molecule has 0 amide bonds. The van der Waals surface area contributed by atoms with E-state index < -0.39 is 0 Å². The summed E-state index contributed by atoms with van der Waals surface area (Å²) in [6.45, 7) is 0.859. The van der Waals surface area contributed by atoms with Crippen molar-refractivity contribution >= 4 is 23.1 Å². The van der Waals surface area contributed by atoms with Gasteiger partial charge in [0.15, 0.2) is 0 Å². The Balaban J connectivity index is 2.29. The Morgan fingerprint density at radius 2 is 2.27 bits per heavy atom. The Morgan fingerprint density at radius 3 is 3.00 bits per heavy atom. The average molecular weight is 239 g/mol. The van der Waals surface area contributed by atoms with Gasteiger partial charge in [0.25, 0.3) is 0 Å². The molecule has 0 aliphatic rings. The maximum absolute atomic E-state index is 5.93. The Morgan fingerprint density at radius 1 is 1.40 bits per heavy atom. The van der Waals surface area contributed by atoms with E-state index in [0.717, 1.165) is 22.8 Å². The van der Waals surface area contributed by atoms with E-state index in [1.165, 1.54) is 16.4 Å². The predicted molar refractivity (Wildman–Crippen MR) is 65.3 cm³/mol. The first kappa shape index (κ1) is 10.6. The Bertz CT molecular complexity index is 453. The van der Waals surface area contributed by atoms with Gasteiger partial charge < -0.3 is 5.32 Å². The molecule has 2 rings (SSSR count). The fraction of sp³-hybridized carbons (Fsp3) is 0.182. The lowest BCUT2D eigenvalue weighted by Crippen LogP contribution is -2.02. The second-order valence-electron chi connectivity index (χ2n) is 3.22. The summed E-state index contributed by atoms with van der Waals surface area (Å²) in [5, 5.41) is 3.85. The highest BCUT2D eigenvalue weighted by atomic mass is 35.5. The lowest BCUT2D eigenvalue weighted by molar-refractivity contribution is 0.831. The number of halogens is 1. The average Bonchev–Trinajstić information content (AvgIpc) is 2.67. The minimum Gasteiger partial charge on any atom is -0.315 e. The maximum Gasteiger partial charge on any atom is 0.0844 e. The molecule has 0 saturated carbocycles. The van der Waals surface area contributed by atoms with Crippen LogP contribution in [-0.2, 0) is 6.54 Å². The van der Waals surface area contributed by atoms with Crippen molar-refractivity contribution in [3.8, 4) is 11.3 Å². The molecule has 4 heteroatoms. The van der Waals surface area contributed by atoms with Crippen LogP contribution in [0, 0.1) is 0 Å². The van der Waals surface area contributed by atoms with Gasteiger partial charge in [-0.3, -0.25) is 0 Å². The van der Waals surface area contributed by atoms with Gasteiger partial charge in [0.05, 0.1) is 5.69 Å². The largest absolute Gasteiger partial charge is 0.315 e. The monoisotopic (exact) mass is 238 g/mol. The minimum atomic E-state index is 0.746. The Hall–Kier alpha value is -0.900. The van der Waals surface area contributed by atoms with E-state index in [2.05, 4.69) is 15.8 Å². The summed E-state index contributed by atoms with van der Waals surface area (Å²) in [5.41, 5.74) is 2.06. The molecule has 2 nitrogen and oxygen atoms in total. The minimum absolute atomic E-state index is 0.746. The van der Waals surface area contributed by atoms with Gasteiger partial charge in [0, 0.05) is 22.0 Å². The maximum atomic E-state index is 5.93. The van der Waals surface area contributed by atoms with Crippen LogP contribution in [0.1, 0.15) is 4.88 Å². The molecule has 0 aliphatic carbocycles. The lowest BCUT2D eigenvalue weighted by Gasteiger charge is -1.96. The number of benzene rings is 1. The van der Waals surface area contributed by atoms with Crippen molar-refractivity contribution in [2.75, 3.05) is 7.05 Å². The molecule has 0 atom stereocenters. The molecular formula is C11H11ClN2S. The number of nitrogens with one attached hydrogen (secondary N) is 1. The molecule has 78 valence electrons. The van der Waals surface area contributed by atoms with E-state index in [4.69, 9.17) is 11.6 Å². The second kappa shape index (κ2) is 4.75. The van der Waals surface area contributed by atoms with Crippen molar-refractivity contribution in [2.24, 2.45) is 0 Å². The molecule has 0 fully saturated rings. The van der Waals surface area contributed by atoms with E-state index in [1.807, 2.05) is 31.3 Å². The van der Waals surface area contributed by atoms with Gasteiger partial charge in [-0.05, 0) is 36.8 Å². The SMILES string of the molecule is CNCc1cc(-c2cccc(Cl)c2)ns1. The van der Waals surface area contributed by atoms with Gasteiger partial charge in [-0.1, -0.05) is 23.7 Å². The summed E-state index contributed by atoms with van der Waals surface area (Å²) in [4.78, 5) is 1.23. The molecule has 15 heavy (non-hydrogen) atoms. The predicted octanol–water partition coefficient (Wildman–Crippen LogP) is 3.18. The highest BCUT2D eigenvalue weighted by Crippen LogP contribution is 2.24. The third kappa shape index (κ3) is 2.56. The molecule has 1 aromatic carbocycles. The molecule has 0 saturated heterocycles. The van der Waals surface area contributed by atoms with Crippen molar-refractivity contribution in [2.45, 2.75) is 6.54 Å². The number of hydrogen-bond acceptors (Lipinski definition) is 3. The van der Waals surface area contributed by atoms with E-state index in [1.54, 1.807) is 0 Å². The van der Waals surface area contributed by atoms with Crippen LogP contribution in [-0.4, -0.2) is 11.4 Å². The molecule has 1 N–H and O–H groups in total. The third-order valence-corrected chi connectivity index (χ3v) is 3.05. The second-order valence-corrected chi connectivity index (χ2v) is 4.55. The molecule has 2 aromatic rings. The molecule has 0 radical (unpaired) electrons. The third-order valence-electron chi connectivity index (χ3n) is 2.03. The van der Waals surface area contributed by atoms with Crippen molar-refractivity contribution in [3.63, 3.8) is 0 Å². The molecular weight excluding hydrogens is 228 g/mol. The van der Waals surface area contributed by atoms with Crippen LogP contribution in [0.25, 0.3) is 11.3 Å². The number of nitrogens with zero attached hydrogens (tertiary/aromatic N) is 1. The zero-order chi connectivity index (χ0) is 10.7. The Labute approximate surface area is 98.1 Å². The molecule has 1 aromatic heterocycles. The van der Waals surface area contributed by atoms with Crippen molar-refractivity contribution in [3.05, 3.63) is 40.2 Å². The van der Waals surface area contributed by atoms with Gasteiger partial charge in [0.1, 0.15) is 0 Å². The summed E-state index contributed by atoms with van der Waals surface area (Å²) in [6, 6.07) is 9.84. The van der Waals surface area contributed by atoms with Crippen molar-refractivity contribution in [1.29, 1.82) is 0 Å². The molecule has 0 aliphatic heterocycles. The Kier molecular flexibility index (Phi) is 3.36.